The highest BCUT2D eigenvalue weighted by molar-refractivity contribution is 6.30. The zero-order valence-corrected chi connectivity index (χ0v) is 13.0. The normalized spacial score (nSPS) is 13.7. The van der Waals surface area contributed by atoms with E-state index in [1.165, 1.54) is 6.33 Å². The molecule has 0 fully saturated rings. The van der Waals surface area contributed by atoms with Gasteiger partial charge in [-0.15, -0.1) is 0 Å². The van der Waals surface area contributed by atoms with Gasteiger partial charge in [0.1, 0.15) is 18.2 Å². The molecule has 0 radical (unpaired) electrons. The number of hydrogen-bond acceptors (Lipinski definition) is 4. The standard InChI is InChI=1S/C16H20ClN3O/c1-3-7-20-16(13-9-18-11-19-10-13)12(2)21-15-6-4-5-14(17)8-15/h4-6,8-12,16,20H,3,7H2,1-2H3. The Labute approximate surface area is 130 Å². The molecule has 0 spiro atoms. The van der Waals surface area contributed by atoms with Gasteiger partial charge in [0.15, 0.2) is 0 Å². The zero-order valence-electron chi connectivity index (χ0n) is 12.3. The Morgan fingerprint density at radius 2 is 2.05 bits per heavy atom. The van der Waals surface area contributed by atoms with Crippen LogP contribution in [0.4, 0.5) is 0 Å². The molecule has 2 aromatic rings. The average Bonchev–Trinajstić information content (AvgIpc) is 2.49. The largest absolute Gasteiger partial charge is 0.489 e. The molecule has 0 saturated heterocycles. The molecule has 0 aliphatic heterocycles. The molecule has 5 heteroatoms. The van der Waals surface area contributed by atoms with Gasteiger partial charge in [0, 0.05) is 23.0 Å². The fourth-order valence-corrected chi connectivity index (χ4v) is 2.33. The zero-order chi connectivity index (χ0) is 15.1. The van der Waals surface area contributed by atoms with Crippen LogP contribution < -0.4 is 10.1 Å². The van der Waals surface area contributed by atoms with E-state index in [0.29, 0.717) is 5.02 Å². The van der Waals surface area contributed by atoms with Crippen LogP contribution in [-0.4, -0.2) is 22.6 Å². The van der Waals surface area contributed by atoms with E-state index < -0.39 is 0 Å². The van der Waals surface area contributed by atoms with Crippen LogP contribution in [-0.2, 0) is 0 Å². The van der Waals surface area contributed by atoms with Gasteiger partial charge in [-0.2, -0.15) is 0 Å². The first-order valence-corrected chi connectivity index (χ1v) is 7.49. The molecule has 2 atom stereocenters. The molecule has 112 valence electrons. The smallest absolute Gasteiger partial charge is 0.121 e. The Morgan fingerprint density at radius 1 is 1.29 bits per heavy atom. The van der Waals surface area contributed by atoms with Crippen LogP contribution in [0.3, 0.4) is 0 Å². The van der Waals surface area contributed by atoms with Crippen molar-refractivity contribution in [3.8, 4) is 5.75 Å². The Balaban J connectivity index is 2.12. The SMILES string of the molecule is CCCNC(c1cncnc1)C(C)Oc1cccc(Cl)c1. The molecule has 1 aromatic carbocycles. The highest BCUT2D eigenvalue weighted by Crippen LogP contribution is 2.23. The number of benzene rings is 1. The molecule has 0 bridgehead atoms. The van der Waals surface area contributed by atoms with E-state index in [1.54, 1.807) is 0 Å². The van der Waals surface area contributed by atoms with Crippen LogP contribution in [0.25, 0.3) is 0 Å². The number of nitrogens with one attached hydrogen (secondary N) is 1. The second kappa shape index (κ2) is 7.96. The van der Waals surface area contributed by atoms with Crippen LogP contribution in [0, 0.1) is 0 Å². The van der Waals surface area contributed by atoms with Crippen molar-refractivity contribution >= 4 is 11.6 Å². The van der Waals surface area contributed by atoms with Gasteiger partial charge in [0.25, 0.3) is 0 Å². The van der Waals surface area contributed by atoms with E-state index in [4.69, 9.17) is 16.3 Å². The van der Waals surface area contributed by atoms with E-state index >= 15 is 0 Å². The van der Waals surface area contributed by atoms with E-state index in [-0.39, 0.29) is 12.1 Å². The second-order valence-corrected chi connectivity index (χ2v) is 5.32. The maximum Gasteiger partial charge on any atom is 0.121 e. The van der Waals surface area contributed by atoms with Gasteiger partial charge in [0.2, 0.25) is 0 Å². The van der Waals surface area contributed by atoms with Crippen LogP contribution in [0.15, 0.2) is 43.0 Å². The van der Waals surface area contributed by atoms with Gasteiger partial charge < -0.3 is 10.1 Å². The summed E-state index contributed by atoms with van der Waals surface area (Å²) in [6, 6.07) is 7.46. The summed E-state index contributed by atoms with van der Waals surface area (Å²) >= 11 is 5.99. The molecule has 21 heavy (non-hydrogen) atoms. The van der Waals surface area contributed by atoms with Crippen molar-refractivity contribution in [1.82, 2.24) is 15.3 Å². The molecule has 0 aliphatic rings. The fraction of sp³-hybridized carbons (Fsp3) is 0.375. The molecule has 1 heterocycles. The molecular weight excluding hydrogens is 286 g/mol. The summed E-state index contributed by atoms with van der Waals surface area (Å²) in [5.74, 6) is 0.759. The first-order valence-electron chi connectivity index (χ1n) is 7.11. The Kier molecular flexibility index (Phi) is 5.96. The molecule has 0 saturated carbocycles. The number of hydrogen-bond donors (Lipinski definition) is 1. The van der Waals surface area contributed by atoms with Gasteiger partial charge in [-0.05, 0) is 38.1 Å². The van der Waals surface area contributed by atoms with Crippen LogP contribution >= 0.6 is 11.6 Å². The van der Waals surface area contributed by atoms with Gasteiger partial charge in [-0.1, -0.05) is 24.6 Å². The summed E-state index contributed by atoms with van der Waals surface area (Å²) in [5.41, 5.74) is 1.01. The summed E-state index contributed by atoms with van der Waals surface area (Å²) in [4.78, 5) is 8.18. The van der Waals surface area contributed by atoms with Gasteiger partial charge in [-0.25, -0.2) is 9.97 Å². The van der Waals surface area contributed by atoms with Crippen molar-refractivity contribution in [3.63, 3.8) is 0 Å². The van der Waals surface area contributed by atoms with Crippen molar-refractivity contribution in [2.24, 2.45) is 0 Å². The lowest BCUT2D eigenvalue weighted by Gasteiger charge is -2.26. The lowest BCUT2D eigenvalue weighted by Crippen LogP contribution is -2.34. The van der Waals surface area contributed by atoms with Crippen molar-refractivity contribution in [2.75, 3.05) is 6.54 Å². The molecular formula is C16H20ClN3O. The average molecular weight is 306 g/mol. The third-order valence-electron chi connectivity index (χ3n) is 3.14. The Bertz CT molecular complexity index is 550. The Hall–Kier alpha value is -1.65. The van der Waals surface area contributed by atoms with Gasteiger partial charge in [0.05, 0.1) is 6.04 Å². The molecule has 2 unspecified atom stereocenters. The monoisotopic (exact) mass is 305 g/mol. The highest BCUT2D eigenvalue weighted by atomic mass is 35.5. The minimum atomic E-state index is -0.0685. The topological polar surface area (TPSA) is 47.0 Å². The van der Waals surface area contributed by atoms with E-state index in [9.17, 15) is 0 Å². The molecule has 1 N–H and O–H groups in total. The number of halogens is 1. The third-order valence-corrected chi connectivity index (χ3v) is 3.38. The van der Waals surface area contributed by atoms with Crippen LogP contribution in [0.2, 0.25) is 5.02 Å². The highest BCUT2D eigenvalue weighted by Gasteiger charge is 2.21. The maximum atomic E-state index is 6.01. The van der Waals surface area contributed by atoms with Crippen molar-refractivity contribution in [1.29, 1.82) is 0 Å². The number of rotatable bonds is 7. The molecule has 4 nitrogen and oxygen atoms in total. The van der Waals surface area contributed by atoms with Gasteiger partial charge in [-0.3, -0.25) is 0 Å². The van der Waals surface area contributed by atoms with E-state index in [1.807, 2.05) is 43.6 Å². The summed E-state index contributed by atoms with van der Waals surface area (Å²) in [6.45, 7) is 5.07. The number of nitrogens with zero attached hydrogens (tertiary/aromatic N) is 2. The minimum Gasteiger partial charge on any atom is -0.489 e. The number of ether oxygens (including phenoxy) is 1. The van der Waals surface area contributed by atoms with Crippen molar-refractivity contribution < 1.29 is 4.74 Å². The van der Waals surface area contributed by atoms with E-state index in [0.717, 1.165) is 24.3 Å². The van der Waals surface area contributed by atoms with Crippen molar-refractivity contribution in [2.45, 2.75) is 32.4 Å². The molecule has 2 rings (SSSR count). The molecule has 0 aliphatic carbocycles. The summed E-state index contributed by atoms with van der Waals surface area (Å²) in [5, 5.41) is 4.15. The lowest BCUT2D eigenvalue weighted by atomic mass is 10.1. The first-order chi connectivity index (χ1) is 10.2. The maximum absolute atomic E-state index is 6.01. The summed E-state index contributed by atoms with van der Waals surface area (Å²) in [6.07, 6.45) is 6.15. The third kappa shape index (κ3) is 4.69. The summed E-state index contributed by atoms with van der Waals surface area (Å²) < 4.78 is 6.01. The predicted molar refractivity (Wildman–Crippen MR) is 84.6 cm³/mol. The van der Waals surface area contributed by atoms with Crippen LogP contribution in [0.5, 0.6) is 5.75 Å². The Morgan fingerprint density at radius 3 is 2.71 bits per heavy atom. The first kappa shape index (κ1) is 15.7. The minimum absolute atomic E-state index is 0.0325. The molecule has 1 aromatic heterocycles. The van der Waals surface area contributed by atoms with E-state index in [2.05, 4.69) is 22.2 Å². The second-order valence-electron chi connectivity index (χ2n) is 4.88. The lowest BCUT2D eigenvalue weighted by molar-refractivity contribution is 0.170. The van der Waals surface area contributed by atoms with Crippen molar-refractivity contribution in [3.05, 3.63) is 53.6 Å². The van der Waals surface area contributed by atoms with Gasteiger partial charge >= 0.3 is 0 Å². The fourth-order valence-electron chi connectivity index (χ4n) is 2.15. The number of aromatic nitrogens is 2. The predicted octanol–water partition coefficient (Wildman–Crippen LogP) is 3.64. The summed E-state index contributed by atoms with van der Waals surface area (Å²) in [7, 11) is 0. The van der Waals surface area contributed by atoms with Crippen LogP contribution in [0.1, 0.15) is 31.9 Å². The molecule has 0 amide bonds. The quantitative estimate of drug-likeness (QED) is 0.848.